The van der Waals surface area contributed by atoms with Crippen LogP contribution in [0, 0.1) is 0 Å². The Kier molecular flexibility index (Phi) is 4.72. The third kappa shape index (κ3) is 3.92. The largest absolute Gasteiger partial charge is 0.366 e. The zero-order valence-corrected chi connectivity index (χ0v) is 11.9. The molecule has 0 spiro atoms. The summed E-state index contributed by atoms with van der Waals surface area (Å²) in [6.07, 6.45) is 0.993. The lowest BCUT2D eigenvalue weighted by atomic mass is 10.1. The van der Waals surface area contributed by atoms with Gasteiger partial charge in [0.2, 0.25) is 5.91 Å². The van der Waals surface area contributed by atoms with Gasteiger partial charge in [-0.2, -0.15) is 0 Å². The quantitative estimate of drug-likeness (QED) is 0.883. The van der Waals surface area contributed by atoms with Crippen LogP contribution in [0.1, 0.15) is 38.8 Å². The number of rotatable bonds is 5. The molecule has 0 radical (unpaired) electrons. The zero-order chi connectivity index (χ0) is 15.2. The topological polar surface area (TPSA) is 72.2 Å². The van der Waals surface area contributed by atoms with E-state index < -0.39 is 5.91 Å². The summed E-state index contributed by atoms with van der Waals surface area (Å²) >= 11 is 0. The van der Waals surface area contributed by atoms with Crippen LogP contribution >= 0.6 is 0 Å². The summed E-state index contributed by atoms with van der Waals surface area (Å²) < 4.78 is 0. The Morgan fingerprint density at radius 1 is 1.00 bits per heavy atom. The van der Waals surface area contributed by atoms with Crippen LogP contribution in [0.2, 0.25) is 0 Å². The first kappa shape index (κ1) is 14.8. The van der Waals surface area contributed by atoms with Crippen molar-refractivity contribution < 1.29 is 9.59 Å². The Balaban J connectivity index is 2.00. The van der Waals surface area contributed by atoms with Gasteiger partial charge in [0.05, 0.1) is 0 Å². The first-order valence-electron chi connectivity index (χ1n) is 6.86. The maximum absolute atomic E-state index is 12.1. The van der Waals surface area contributed by atoms with Gasteiger partial charge in [-0.05, 0) is 35.7 Å². The molecule has 2 aromatic rings. The van der Waals surface area contributed by atoms with Crippen molar-refractivity contribution in [1.82, 2.24) is 5.32 Å². The van der Waals surface area contributed by atoms with Crippen LogP contribution in [0.4, 0.5) is 0 Å². The number of hydrogen-bond donors (Lipinski definition) is 2. The Bertz CT molecular complexity index is 648. The van der Waals surface area contributed by atoms with Gasteiger partial charge in [0, 0.05) is 17.7 Å². The highest BCUT2D eigenvalue weighted by atomic mass is 16.2. The molecule has 0 saturated carbocycles. The van der Waals surface area contributed by atoms with Crippen LogP contribution < -0.4 is 11.1 Å². The molecule has 0 unspecified atom stereocenters. The summed E-state index contributed by atoms with van der Waals surface area (Å²) in [5.74, 6) is -0.766. The number of amides is 2. The van der Waals surface area contributed by atoms with E-state index in [9.17, 15) is 9.59 Å². The summed E-state index contributed by atoms with van der Waals surface area (Å²) in [6, 6.07) is 14.5. The lowest BCUT2D eigenvalue weighted by Crippen LogP contribution is -2.23. The van der Waals surface area contributed by atoms with Crippen molar-refractivity contribution in [2.45, 2.75) is 19.9 Å². The number of aryl methyl sites for hydroxylation is 1. The van der Waals surface area contributed by atoms with E-state index in [2.05, 4.69) is 24.4 Å². The maximum Gasteiger partial charge on any atom is 0.251 e. The van der Waals surface area contributed by atoms with E-state index >= 15 is 0 Å². The number of nitrogens with one attached hydrogen (secondary N) is 1. The fourth-order valence-electron chi connectivity index (χ4n) is 1.99. The van der Waals surface area contributed by atoms with Gasteiger partial charge >= 0.3 is 0 Å². The second kappa shape index (κ2) is 6.70. The summed E-state index contributed by atoms with van der Waals surface area (Å²) in [4.78, 5) is 23.2. The van der Waals surface area contributed by atoms with E-state index in [1.54, 1.807) is 18.2 Å². The van der Waals surface area contributed by atoms with Gasteiger partial charge in [-0.1, -0.05) is 37.3 Å². The fourth-order valence-corrected chi connectivity index (χ4v) is 1.99. The zero-order valence-electron chi connectivity index (χ0n) is 11.9. The minimum absolute atomic E-state index is 0.224. The van der Waals surface area contributed by atoms with Crippen LogP contribution in [-0.4, -0.2) is 11.8 Å². The molecule has 0 saturated heterocycles. The molecule has 21 heavy (non-hydrogen) atoms. The number of carbonyl (C=O) groups is 2. The van der Waals surface area contributed by atoms with Crippen LogP contribution in [0.15, 0.2) is 48.5 Å². The molecular weight excluding hydrogens is 264 g/mol. The highest BCUT2D eigenvalue weighted by molar-refractivity contribution is 5.99. The van der Waals surface area contributed by atoms with Crippen molar-refractivity contribution in [3.05, 3.63) is 70.8 Å². The number of benzene rings is 2. The van der Waals surface area contributed by atoms with Gasteiger partial charge < -0.3 is 11.1 Å². The van der Waals surface area contributed by atoms with Crippen molar-refractivity contribution in [1.29, 1.82) is 0 Å². The van der Waals surface area contributed by atoms with Crippen molar-refractivity contribution in [3.63, 3.8) is 0 Å². The molecule has 0 bridgehead atoms. The maximum atomic E-state index is 12.1. The van der Waals surface area contributed by atoms with Crippen molar-refractivity contribution in [2.75, 3.05) is 0 Å². The Hall–Kier alpha value is -2.62. The van der Waals surface area contributed by atoms with Gasteiger partial charge in [0.25, 0.3) is 5.91 Å². The molecule has 0 aliphatic carbocycles. The SMILES string of the molecule is CCc1ccc(CNC(=O)c2cccc(C(N)=O)c2)cc1. The number of primary amides is 1. The second-order valence-electron chi connectivity index (χ2n) is 4.80. The minimum atomic E-state index is -0.542. The summed E-state index contributed by atoms with van der Waals surface area (Å²) in [5, 5.41) is 2.83. The second-order valence-corrected chi connectivity index (χ2v) is 4.80. The first-order chi connectivity index (χ1) is 10.1. The monoisotopic (exact) mass is 282 g/mol. The lowest BCUT2D eigenvalue weighted by molar-refractivity contribution is 0.0951. The molecule has 108 valence electrons. The van der Waals surface area contributed by atoms with Gasteiger partial charge in [-0.15, -0.1) is 0 Å². The molecule has 0 atom stereocenters. The molecule has 4 nitrogen and oxygen atoms in total. The molecule has 0 aliphatic rings. The molecule has 0 heterocycles. The lowest BCUT2D eigenvalue weighted by Gasteiger charge is -2.07. The smallest absolute Gasteiger partial charge is 0.251 e. The predicted molar refractivity (Wildman–Crippen MR) is 82.0 cm³/mol. The van der Waals surface area contributed by atoms with E-state index in [-0.39, 0.29) is 5.91 Å². The van der Waals surface area contributed by atoms with Gasteiger partial charge in [-0.25, -0.2) is 0 Å². The molecule has 0 aromatic heterocycles. The van der Waals surface area contributed by atoms with E-state index in [0.717, 1.165) is 12.0 Å². The van der Waals surface area contributed by atoms with Crippen LogP contribution in [-0.2, 0) is 13.0 Å². The van der Waals surface area contributed by atoms with Gasteiger partial charge in [0.1, 0.15) is 0 Å². The average Bonchev–Trinajstić information content (AvgIpc) is 2.53. The Morgan fingerprint density at radius 2 is 1.62 bits per heavy atom. The van der Waals surface area contributed by atoms with Crippen LogP contribution in [0.3, 0.4) is 0 Å². The van der Waals surface area contributed by atoms with Gasteiger partial charge in [0.15, 0.2) is 0 Å². The van der Waals surface area contributed by atoms with E-state index in [1.165, 1.54) is 11.6 Å². The third-order valence-corrected chi connectivity index (χ3v) is 3.29. The van der Waals surface area contributed by atoms with Crippen molar-refractivity contribution in [3.8, 4) is 0 Å². The third-order valence-electron chi connectivity index (χ3n) is 3.29. The predicted octanol–water partition coefficient (Wildman–Crippen LogP) is 2.28. The van der Waals surface area contributed by atoms with Crippen LogP contribution in [0.25, 0.3) is 0 Å². The summed E-state index contributed by atoms with van der Waals surface area (Å²) in [6.45, 7) is 2.55. The molecule has 3 N–H and O–H groups in total. The van der Waals surface area contributed by atoms with Crippen LogP contribution in [0.5, 0.6) is 0 Å². The van der Waals surface area contributed by atoms with Gasteiger partial charge in [-0.3, -0.25) is 9.59 Å². The Morgan fingerprint density at radius 3 is 2.24 bits per heavy atom. The number of carbonyl (C=O) groups excluding carboxylic acids is 2. The average molecular weight is 282 g/mol. The molecule has 2 rings (SSSR count). The highest BCUT2D eigenvalue weighted by Gasteiger charge is 2.08. The number of nitrogens with two attached hydrogens (primary N) is 1. The van der Waals surface area contributed by atoms with Crippen molar-refractivity contribution >= 4 is 11.8 Å². The molecule has 0 fully saturated rings. The Labute approximate surface area is 124 Å². The standard InChI is InChI=1S/C17H18N2O2/c1-2-12-6-8-13(9-7-12)11-19-17(21)15-5-3-4-14(10-15)16(18)20/h3-10H,2,11H2,1H3,(H2,18,20)(H,19,21). The van der Waals surface area contributed by atoms with E-state index in [1.807, 2.05) is 12.1 Å². The summed E-state index contributed by atoms with van der Waals surface area (Å²) in [7, 11) is 0. The van der Waals surface area contributed by atoms with Crippen molar-refractivity contribution in [2.24, 2.45) is 5.73 Å². The molecule has 0 aliphatic heterocycles. The molecular formula is C17H18N2O2. The van der Waals surface area contributed by atoms with E-state index in [4.69, 9.17) is 5.73 Å². The fraction of sp³-hybridized carbons (Fsp3) is 0.176. The summed E-state index contributed by atoms with van der Waals surface area (Å²) in [5.41, 5.74) is 8.26. The molecule has 2 amide bonds. The van der Waals surface area contributed by atoms with E-state index in [0.29, 0.717) is 17.7 Å². The minimum Gasteiger partial charge on any atom is -0.366 e. The highest BCUT2D eigenvalue weighted by Crippen LogP contribution is 2.07. The molecule has 2 aromatic carbocycles. The number of hydrogen-bond acceptors (Lipinski definition) is 2. The molecule has 4 heteroatoms. The normalized spacial score (nSPS) is 10.1. The first-order valence-corrected chi connectivity index (χ1v) is 6.86.